The SMILES string of the molecule is CSC(CNc1cc(C2CCN(S(C)(=O)=O)CC2)ncn1)c1cccc2c1OCCO2. The van der Waals surface area contributed by atoms with Crippen LogP contribution < -0.4 is 14.8 Å². The second-order valence-corrected chi connectivity index (χ2v) is 10.8. The van der Waals surface area contributed by atoms with Crippen molar-refractivity contribution in [3.63, 3.8) is 0 Å². The van der Waals surface area contributed by atoms with E-state index < -0.39 is 10.0 Å². The fraction of sp³-hybridized carbons (Fsp3) is 0.524. The summed E-state index contributed by atoms with van der Waals surface area (Å²) in [5.41, 5.74) is 2.07. The quantitative estimate of drug-likeness (QED) is 0.669. The molecule has 0 radical (unpaired) electrons. The van der Waals surface area contributed by atoms with Crippen LogP contribution in [-0.2, 0) is 10.0 Å². The number of anilines is 1. The molecule has 10 heteroatoms. The van der Waals surface area contributed by atoms with E-state index >= 15 is 0 Å². The standard InChI is InChI=1S/C21H28N4O4S2/c1-30-19(16-4-3-5-18-21(16)29-11-10-28-18)13-22-20-12-17(23-14-24-20)15-6-8-25(9-7-15)31(2,26)27/h3-5,12,14-15,19H,6-11,13H2,1-2H3,(H,22,23,24). The second kappa shape index (κ2) is 9.62. The average Bonchev–Trinajstić information content (AvgIpc) is 2.79. The maximum atomic E-state index is 11.7. The molecule has 1 N–H and O–H groups in total. The van der Waals surface area contributed by atoms with Crippen molar-refractivity contribution in [3.8, 4) is 11.5 Å². The number of piperidine rings is 1. The van der Waals surface area contributed by atoms with E-state index in [-0.39, 0.29) is 11.2 Å². The van der Waals surface area contributed by atoms with Gasteiger partial charge in [-0.1, -0.05) is 12.1 Å². The smallest absolute Gasteiger partial charge is 0.211 e. The number of para-hydroxylation sites is 1. The van der Waals surface area contributed by atoms with E-state index in [1.54, 1.807) is 22.4 Å². The molecule has 31 heavy (non-hydrogen) atoms. The predicted octanol–water partition coefficient (Wildman–Crippen LogP) is 2.90. The summed E-state index contributed by atoms with van der Waals surface area (Å²) in [4.78, 5) is 8.83. The molecule has 3 heterocycles. The van der Waals surface area contributed by atoms with Gasteiger partial charge in [0.15, 0.2) is 11.5 Å². The first-order valence-electron chi connectivity index (χ1n) is 10.4. The molecule has 0 amide bonds. The molecular formula is C21H28N4O4S2. The van der Waals surface area contributed by atoms with Gasteiger partial charge in [0.05, 0.1) is 11.5 Å². The number of rotatable bonds is 7. The Kier molecular flexibility index (Phi) is 6.88. The Morgan fingerprint density at radius 1 is 1.23 bits per heavy atom. The summed E-state index contributed by atoms with van der Waals surface area (Å²) in [5, 5.41) is 3.61. The first-order valence-corrected chi connectivity index (χ1v) is 13.5. The van der Waals surface area contributed by atoms with Crippen molar-refractivity contribution in [1.82, 2.24) is 14.3 Å². The number of sulfonamides is 1. The van der Waals surface area contributed by atoms with Crippen LogP contribution in [0.5, 0.6) is 11.5 Å². The summed E-state index contributed by atoms with van der Waals surface area (Å²) in [6, 6.07) is 8.00. The number of nitrogens with one attached hydrogen (secondary N) is 1. The van der Waals surface area contributed by atoms with Crippen LogP contribution in [0.3, 0.4) is 0 Å². The normalized spacial score (nSPS) is 18.5. The molecule has 0 aliphatic carbocycles. The number of hydrogen-bond acceptors (Lipinski definition) is 8. The zero-order valence-electron chi connectivity index (χ0n) is 17.8. The fourth-order valence-corrected chi connectivity index (χ4v) is 5.61. The summed E-state index contributed by atoms with van der Waals surface area (Å²) in [5.74, 6) is 2.64. The van der Waals surface area contributed by atoms with Gasteiger partial charge >= 0.3 is 0 Å². The maximum absolute atomic E-state index is 11.7. The monoisotopic (exact) mass is 464 g/mol. The fourth-order valence-electron chi connectivity index (χ4n) is 4.04. The highest BCUT2D eigenvalue weighted by atomic mass is 32.2. The molecule has 168 valence electrons. The van der Waals surface area contributed by atoms with Crippen LogP contribution in [0.25, 0.3) is 0 Å². The molecule has 1 unspecified atom stereocenters. The van der Waals surface area contributed by atoms with Crippen LogP contribution >= 0.6 is 11.8 Å². The van der Waals surface area contributed by atoms with Crippen LogP contribution in [-0.4, -0.2) is 68.1 Å². The highest BCUT2D eigenvalue weighted by Gasteiger charge is 2.27. The number of benzene rings is 1. The molecule has 2 aliphatic heterocycles. The highest BCUT2D eigenvalue weighted by Crippen LogP contribution is 2.41. The Labute approximate surface area is 187 Å². The summed E-state index contributed by atoms with van der Waals surface area (Å²) in [6.45, 7) is 2.89. The largest absolute Gasteiger partial charge is 0.486 e. The lowest BCUT2D eigenvalue weighted by atomic mass is 9.94. The van der Waals surface area contributed by atoms with Crippen molar-refractivity contribution in [2.24, 2.45) is 0 Å². The molecule has 1 fully saturated rings. The van der Waals surface area contributed by atoms with E-state index in [1.165, 1.54) is 6.26 Å². The molecule has 1 aromatic heterocycles. The van der Waals surface area contributed by atoms with Gasteiger partial charge in [-0.15, -0.1) is 0 Å². The Bertz CT molecular complexity index is 1010. The van der Waals surface area contributed by atoms with Crippen molar-refractivity contribution in [3.05, 3.63) is 41.9 Å². The van der Waals surface area contributed by atoms with E-state index in [4.69, 9.17) is 9.47 Å². The molecule has 4 rings (SSSR count). The van der Waals surface area contributed by atoms with Gasteiger partial charge in [0.2, 0.25) is 10.0 Å². The first kappa shape index (κ1) is 22.2. The molecule has 8 nitrogen and oxygen atoms in total. The first-order chi connectivity index (χ1) is 15.0. The molecule has 2 aliphatic rings. The number of hydrogen-bond donors (Lipinski definition) is 1. The predicted molar refractivity (Wildman–Crippen MR) is 123 cm³/mol. The lowest BCUT2D eigenvalue weighted by molar-refractivity contribution is 0.170. The lowest BCUT2D eigenvalue weighted by Crippen LogP contribution is -2.37. The van der Waals surface area contributed by atoms with Gasteiger partial charge in [0.25, 0.3) is 0 Å². The maximum Gasteiger partial charge on any atom is 0.211 e. The molecule has 0 spiro atoms. The Morgan fingerprint density at radius 3 is 2.74 bits per heavy atom. The van der Waals surface area contributed by atoms with Gasteiger partial charge in [-0.2, -0.15) is 11.8 Å². The number of ether oxygens (including phenoxy) is 2. The summed E-state index contributed by atoms with van der Waals surface area (Å²) in [7, 11) is -3.13. The molecule has 1 aromatic carbocycles. The van der Waals surface area contributed by atoms with Gasteiger partial charge in [0.1, 0.15) is 25.4 Å². The summed E-state index contributed by atoms with van der Waals surface area (Å²) >= 11 is 1.75. The lowest BCUT2D eigenvalue weighted by Gasteiger charge is -2.30. The average molecular weight is 465 g/mol. The van der Waals surface area contributed by atoms with Crippen molar-refractivity contribution in [2.45, 2.75) is 24.0 Å². The van der Waals surface area contributed by atoms with Gasteiger partial charge in [-0.25, -0.2) is 22.7 Å². The molecule has 2 aromatic rings. The minimum absolute atomic E-state index is 0.174. The van der Waals surface area contributed by atoms with Crippen LogP contribution in [0, 0.1) is 0 Å². The second-order valence-electron chi connectivity index (χ2n) is 7.74. The molecular weight excluding hydrogens is 436 g/mol. The van der Waals surface area contributed by atoms with Crippen molar-refractivity contribution in [2.75, 3.05) is 50.7 Å². The third kappa shape index (κ3) is 5.24. The number of nitrogens with zero attached hydrogens (tertiary/aromatic N) is 3. The van der Waals surface area contributed by atoms with E-state index in [9.17, 15) is 8.42 Å². The zero-order valence-corrected chi connectivity index (χ0v) is 19.4. The summed E-state index contributed by atoms with van der Waals surface area (Å²) in [6.07, 6.45) is 6.46. The molecule has 1 atom stereocenters. The number of fused-ring (bicyclic) bond motifs is 1. The highest BCUT2D eigenvalue weighted by molar-refractivity contribution is 7.98. The van der Waals surface area contributed by atoms with Gasteiger partial charge in [-0.05, 0) is 25.2 Å². The zero-order chi connectivity index (χ0) is 21.8. The number of aromatic nitrogens is 2. The van der Waals surface area contributed by atoms with Crippen molar-refractivity contribution >= 4 is 27.6 Å². The number of thioether (sulfide) groups is 1. The van der Waals surface area contributed by atoms with E-state index in [0.29, 0.717) is 32.8 Å². The Morgan fingerprint density at radius 2 is 2.00 bits per heavy atom. The van der Waals surface area contributed by atoms with E-state index in [1.807, 2.05) is 18.2 Å². The van der Waals surface area contributed by atoms with Crippen molar-refractivity contribution in [1.29, 1.82) is 0 Å². The third-order valence-corrected chi connectivity index (χ3v) is 8.02. The molecule has 1 saturated heterocycles. The Balaban J connectivity index is 1.41. The van der Waals surface area contributed by atoms with E-state index in [0.717, 1.165) is 41.4 Å². The van der Waals surface area contributed by atoms with Crippen molar-refractivity contribution < 1.29 is 17.9 Å². The van der Waals surface area contributed by atoms with Crippen LogP contribution in [0.15, 0.2) is 30.6 Å². The van der Waals surface area contributed by atoms with Crippen LogP contribution in [0.4, 0.5) is 5.82 Å². The molecule has 0 bridgehead atoms. The van der Waals surface area contributed by atoms with Gasteiger partial charge in [0, 0.05) is 42.9 Å². The topological polar surface area (TPSA) is 93.7 Å². The summed E-state index contributed by atoms with van der Waals surface area (Å²) < 4.78 is 36.6. The van der Waals surface area contributed by atoms with Gasteiger partial charge < -0.3 is 14.8 Å². The van der Waals surface area contributed by atoms with Gasteiger partial charge in [-0.3, -0.25) is 0 Å². The van der Waals surface area contributed by atoms with Crippen LogP contribution in [0.1, 0.15) is 35.3 Å². The Hall–Kier alpha value is -2.04. The molecule has 0 saturated carbocycles. The van der Waals surface area contributed by atoms with E-state index in [2.05, 4.69) is 27.6 Å². The minimum Gasteiger partial charge on any atom is -0.486 e. The third-order valence-electron chi connectivity index (χ3n) is 5.73. The minimum atomic E-state index is -3.13. The van der Waals surface area contributed by atoms with Crippen LogP contribution in [0.2, 0.25) is 0 Å².